The minimum absolute atomic E-state index is 0.0343. The van der Waals surface area contributed by atoms with Crippen LogP contribution in [0.15, 0.2) is 34.8 Å². The summed E-state index contributed by atoms with van der Waals surface area (Å²) >= 11 is 12.9. The molecule has 138 valence electrons. The van der Waals surface area contributed by atoms with Crippen LogP contribution in [0.25, 0.3) is 10.1 Å². The van der Waals surface area contributed by atoms with E-state index in [4.69, 9.17) is 27.9 Å². The Bertz CT molecular complexity index is 899. The van der Waals surface area contributed by atoms with Crippen LogP contribution < -0.4 is 5.32 Å². The van der Waals surface area contributed by atoms with Crippen LogP contribution in [0.1, 0.15) is 31.1 Å². The first-order valence-corrected chi connectivity index (χ1v) is 9.87. The third-order valence-corrected chi connectivity index (χ3v) is 6.15. The first-order valence-electron chi connectivity index (χ1n) is 8.29. The topological polar surface area (TPSA) is 55.4 Å². The number of ether oxygens (including phenoxy) is 1. The van der Waals surface area contributed by atoms with Gasteiger partial charge in [-0.1, -0.05) is 55.2 Å². The number of fused-ring (bicyclic) bond motifs is 1. The number of benzene rings is 1. The van der Waals surface area contributed by atoms with Crippen molar-refractivity contribution in [1.82, 2.24) is 0 Å². The molecule has 1 amide bonds. The Kier molecular flexibility index (Phi) is 5.33. The zero-order chi connectivity index (χ0) is 19.1. The molecule has 1 aromatic carbocycles. The third-order valence-electron chi connectivity index (χ3n) is 4.81. The standard InChI is InChI=1S/C19H19Cl2NO3S/c1-4-25-18(24)14-10-7-5-6-8-12(10)26-17(14)22-16(23)15-11(9-13(20)21)19(15,2)3/h5-9,11,15H,4H2,1-3H3,(H,22,23)/t11-,15-/m1/s1. The molecule has 0 unspecified atom stereocenters. The number of carbonyl (C=O) groups is 2. The fourth-order valence-electron chi connectivity index (χ4n) is 3.35. The van der Waals surface area contributed by atoms with Crippen molar-refractivity contribution in [3.63, 3.8) is 0 Å². The minimum atomic E-state index is -0.435. The van der Waals surface area contributed by atoms with E-state index in [0.29, 0.717) is 10.6 Å². The van der Waals surface area contributed by atoms with E-state index >= 15 is 0 Å². The van der Waals surface area contributed by atoms with E-state index < -0.39 is 5.97 Å². The van der Waals surface area contributed by atoms with Gasteiger partial charge in [0.25, 0.3) is 0 Å². The molecule has 3 rings (SSSR count). The SMILES string of the molecule is CCOC(=O)c1c(NC(=O)[C@H]2[C@@H](C=C(Cl)Cl)C2(C)C)sc2ccccc12. The number of carbonyl (C=O) groups excluding carboxylic acids is 2. The quantitative estimate of drug-likeness (QED) is 0.650. The molecule has 4 nitrogen and oxygen atoms in total. The second-order valence-electron chi connectivity index (χ2n) is 6.79. The molecule has 0 radical (unpaired) electrons. The number of allylic oxidation sites excluding steroid dienone is 1. The lowest BCUT2D eigenvalue weighted by Gasteiger charge is -2.07. The van der Waals surface area contributed by atoms with Crippen molar-refractivity contribution in [3.8, 4) is 0 Å². The van der Waals surface area contributed by atoms with E-state index in [1.54, 1.807) is 13.0 Å². The zero-order valence-electron chi connectivity index (χ0n) is 14.6. The summed E-state index contributed by atoms with van der Waals surface area (Å²) in [6.45, 7) is 6.01. The molecule has 1 saturated carbocycles. The first kappa shape index (κ1) is 19.2. The van der Waals surface area contributed by atoms with Gasteiger partial charge in [0.2, 0.25) is 5.91 Å². The van der Waals surface area contributed by atoms with Gasteiger partial charge in [0.1, 0.15) is 15.1 Å². The van der Waals surface area contributed by atoms with Gasteiger partial charge in [-0.2, -0.15) is 0 Å². The molecule has 2 atom stereocenters. The highest BCUT2D eigenvalue weighted by Crippen LogP contribution is 2.60. The van der Waals surface area contributed by atoms with Gasteiger partial charge < -0.3 is 10.1 Å². The number of hydrogen-bond donors (Lipinski definition) is 1. The van der Waals surface area contributed by atoms with Crippen molar-refractivity contribution in [2.45, 2.75) is 20.8 Å². The zero-order valence-corrected chi connectivity index (χ0v) is 17.0. The lowest BCUT2D eigenvalue weighted by molar-refractivity contribution is -0.118. The largest absolute Gasteiger partial charge is 0.462 e. The number of nitrogens with one attached hydrogen (secondary N) is 1. The Morgan fingerprint density at radius 3 is 2.65 bits per heavy atom. The molecule has 0 aliphatic heterocycles. The molecule has 26 heavy (non-hydrogen) atoms. The van der Waals surface area contributed by atoms with Crippen molar-refractivity contribution in [1.29, 1.82) is 0 Å². The number of hydrogen-bond acceptors (Lipinski definition) is 4. The lowest BCUT2D eigenvalue weighted by atomic mass is 10.1. The summed E-state index contributed by atoms with van der Waals surface area (Å²) in [4.78, 5) is 25.3. The number of esters is 1. The molecular formula is C19H19Cl2NO3S. The summed E-state index contributed by atoms with van der Waals surface area (Å²) in [5, 5.41) is 4.21. The van der Waals surface area contributed by atoms with Crippen molar-refractivity contribution in [2.75, 3.05) is 11.9 Å². The molecule has 0 bridgehead atoms. The van der Waals surface area contributed by atoms with Gasteiger partial charge >= 0.3 is 5.97 Å². The third kappa shape index (κ3) is 3.48. The van der Waals surface area contributed by atoms with Gasteiger partial charge in [0.15, 0.2) is 0 Å². The van der Waals surface area contributed by atoms with E-state index in [1.807, 2.05) is 38.1 Å². The highest BCUT2D eigenvalue weighted by Gasteiger charge is 2.60. The van der Waals surface area contributed by atoms with Crippen LogP contribution in [0.4, 0.5) is 5.00 Å². The average molecular weight is 412 g/mol. The predicted molar refractivity (Wildman–Crippen MR) is 107 cm³/mol. The highest BCUT2D eigenvalue weighted by molar-refractivity contribution is 7.23. The van der Waals surface area contributed by atoms with E-state index in [1.165, 1.54) is 11.3 Å². The Labute approximate surface area is 166 Å². The summed E-state index contributed by atoms with van der Waals surface area (Å²) in [5.74, 6) is -0.873. The van der Waals surface area contributed by atoms with Crippen LogP contribution in [0.5, 0.6) is 0 Å². The maximum atomic E-state index is 12.8. The van der Waals surface area contributed by atoms with E-state index in [0.717, 1.165) is 10.1 Å². The molecule has 0 spiro atoms. The fraction of sp³-hybridized carbons (Fsp3) is 0.368. The summed E-state index contributed by atoms with van der Waals surface area (Å²) in [6.07, 6.45) is 1.70. The Morgan fingerprint density at radius 2 is 2.00 bits per heavy atom. The maximum Gasteiger partial charge on any atom is 0.341 e. The monoisotopic (exact) mass is 411 g/mol. The molecule has 2 aromatic rings. The highest BCUT2D eigenvalue weighted by atomic mass is 35.5. The van der Waals surface area contributed by atoms with Crippen LogP contribution >= 0.6 is 34.5 Å². The number of thiophene rings is 1. The molecule has 1 aromatic heterocycles. The summed E-state index contributed by atoms with van der Waals surface area (Å²) in [6, 6.07) is 7.52. The molecule has 7 heteroatoms. The van der Waals surface area contributed by atoms with Gasteiger partial charge in [-0.3, -0.25) is 4.79 Å². The van der Waals surface area contributed by atoms with E-state index in [-0.39, 0.29) is 34.3 Å². The van der Waals surface area contributed by atoms with Crippen LogP contribution in [0.3, 0.4) is 0 Å². The van der Waals surface area contributed by atoms with Crippen LogP contribution in [0, 0.1) is 17.3 Å². The van der Waals surface area contributed by atoms with Crippen molar-refractivity contribution in [3.05, 3.63) is 40.4 Å². The second-order valence-corrected chi connectivity index (χ2v) is 8.85. The average Bonchev–Trinajstić information content (AvgIpc) is 2.92. The van der Waals surface area contributed by atoms with Gasteiger partial charge in [-0.15, -0.1) is 11.3 Å². The normalized spacial score (nSPS) is 20.5. The summed E-state index contributed by atoms with van der Waals surface area (Å²) in [5.41, 5.74) is 0.168. The minimum Gasteiger partial charge on any atom is -0.462 e. The van der Waals surface area contributed by atoms with Crippen molar-refractivity contribution < 1.29 is 14.3 Å². The van der Waals surface area contributed by atoms with Gasteiger partial charge in [0.05, 0.1) is 12.5 Å². The van der Waals surface area contributed by atoms with Crippen molar-refractivity contribution >= 4 is 61.5 Å². The van der Waals surface area contributed by atoms with Gasteiger partial charge in [-0.25, -0.2) is 4.79 Å². The number of rotatable bonds is 5. The van der Waals surface area contributed by atoms with E-state index in [2.05, 4.69) is 5.32 Å². The number of anilines is 1. The smallest absolute Gasteiger partial charge is 0.341 e. The molecular weight excluding hydrogens is 393 g/mol. The Balaban J connectivity index is 1.92. The predicted octanol–water partition coefficient (Wildman–Crippen LogP) is 5.61. The second kappa shape index (κ2) is 7.22. The molecule has 1 aliphatic carbocycles. The van der Waals surface area contributed by atoms with Gasteiger partial charge in [0, 0.05) is 10.1 Å². The summed E-state index contributed by atoms with van der Waals surface area (Å²) in [7, 11) is 0. The van der Waals surface area contributed by atoms with Crippen LogP contribution in [0.2, 0.25) is 0 Å². The van der Waals surface area contributed by atoms with Gasteiger partial charge in [-0.05, 0) is 30.4 Å². The Hall–Kier alpha value is -1.56. The van der Waals surface area contributed by atoms with Crippen molar-refractivity contribution in [2.24, 2.45) is 17.3 Å². The molecule has 1 fully saturated rings. The molecule has 1 heterocycles. The molecule has 1 N–H and O–H groups in total. The lowest BCUT2D eigenvalue weighted by Crippen LogP contribution is -2.18. The molecule has 1 aliphatic rings. The van der Waals surface area contributed by atoms with Crippen LogP contribution in [-0.2, 0) is 9.53 Å². The Morgan fingerprint density at radius 1 is 1.31 bits per heavy atom. The maximum absolute atomic E-state index is 12.8. The number of halogens is 2. The molecule has 0 saturated heterocycles. The first-order chi connectivity index (χ1) is 12.3. The van der Waals surface area contributed by atoms with E-state index in [9.17, 15) is 9.59 Å². The fourth-order valence-corrected chi connectivity index (χ4v) is 4.72. The van der Waals surface area contributed by atoms with Crippen LogP contribution in [-0.4, -0.2) is 18.5 Å². The number of amides is 1. The summed E-state index contributed by atoms with van der Waals surface area (Å²) < 4.78 is 6.26.